The topological polar surface area (TPSA) is 59.5 Å². The molecule has 0 aliphatic rings. The summed E-state index contributed by atoms with van der Waals surface area (Å²) in [5, 5.41) is 10.2. The Kier molecular flexibility index (Phi) is 3.64. The molecule has 6 heteroatoms. The predicted octanol–water partition coefficient (Wildman–Crippen LogP) is 3.57. The number of hydrogen-bond acceptors (Lipinski definition) is 4. The van der Waals surface area contributed by atoms with Crippen molar-refractivity contribution in [3.05, 3.63) is 86.4 Å². The highest BCUT2D eigenvalue weighted by molar-refractivity contribution is 7.15. The lowest BCUT2D eigenvalue weighted by molar-refractivity contribution is 0.471. The van der Waals surface area contributed by atoms with Crippen molar-refractivity contribution in [1.29, 1.82) is 0 Å². The van der Waals surface area contributed by atoms with Crippen LogP contribution in [0, 0.1) is 13.8 Å². The fraction of sp³-hybridized carbons (Fsp3) is 0.0909. The predicted molar refractivity (Wildman–Crippen MR) is 113 cm³/mol. The van der Waals surface area contributed by atoms with Gasteiger partial charge in [-0.1, -0.05) is 35.6 Å². The number of imidazole rings is 1. The quantitative estimate of drug-likeness (QED) is 0.504. The molecule has 0 aliphatic carbocycles. The van der Waals surface area contributed by atoms with Gasteiger partial charge in [-0.2, -0.15) is 0 Å². The third-order valence-corrected chi connectivity index (χ3v) is 5.99. The molecule has 28 heavy (non-hydrogen) atoms. The zero-order chi connectivity index (χ0) is 19.4. The van der Waals surface area contributed by atoms with Gasteiger partial charge in [-0.25, -0.2) is 9.38 Å². The molecule has 3 heterocycles. The van der Waals surface area contributed by atoms with Crippen LogP contribution in [-0.2, 0) is 0 Å². The van der Waals surface area contributed by atoms with E-state index in [0.717, 1.165) is 33.7 Å². The number of benzene rings is 2. The molecule has 0 unspecified atom stereocenters. The molecule has 0 aliphatic heterocycles. The van der Waals surface area contributed by atoms with E-state index in [0.29, 0.717) is 9.49 Å². The average molecular weight is 387 g/mol. The Morgan fingerprint density at radius 1 is 1.07 bits per heavy atom. The van der Waals surface area contributed by atoms with E-state index in [2.05, 4.69) is 4.98 Å². The molecule has 5 rings (SSSR count). The number of phenols is 1. The maximum atomic E-state index is 13.0. The minimum Gasteiger partial charge on any atom is -0.506 e. The number of hydrogen-bond donors (Lipinski definition) is 1. The Morgan fingerprint density at radius 2 is 1.82 bits per heavy atom. The van der Waals surface area contributed by atoms with Gasteiger partial charge in [-0.05, 0) is 55.8 Å². The zero-order valence-electron chi connectivity index (χ0n) is 15.4. The fourth-order valence-corrected chi connectivity index (χ4v) is 4.69. The summed E-state index contributed by atoms with van der Waals surface area (Å²) >= 11 is 1.39. The van der Waals surface area contributed by atoms with Gasteiger partial charge in [0.25, 0.3) is 5.56 Å². The van der Waals surface area contributed by atoms with Gasteiger partial charge in [0, 0.05) is 11.4 Å². The van der Waals surface area contributed by atoms with E-state index >= 15 is 0 Å². The summed E-state index contributed by atoms with van der Waals surface area (Å²) in [4.78, 5) is 18.3. The third kappa shape index (κ3) is 2.38. The first kappa shape index (κ1) is 16.8. The van der Waals surface area contributed by atoms with Crippen LogP contribution in [0.15, 0.2) is 59.4 Å². The maximum absolute atomic E-state index is 13.0. The second-order valence-corrected chi connectivity index (χ2v) is 7.79. The number of rotatable bonds is 2. The Morgan fingerprint density at radius 3 is 2.64 bits per heavy atom. The van der Waals surface area contributed by atoms with Gasteiger partial charge in [0.15, 0.2) is 4.96 Å². The van der Waals surface area contributed by atoms with Crippen LogP contribution >= 0.6 is 11.3 Å². The van der Waals surface area contributed by atoms with E-state index in [-0.39, 0.29) is 11.3 Å². The Labute approximate surface area is 164 Å². The molecule has 0 bridgehead atoms. The Hall–Kier alpha value is -3.38. The highest BCUT2D eigenvalue weighted by Gasteiger charge is 2.14. The van der Waals surface area contributed by atoms with Crippen LogP contribution in [0.5, 0.6) is 5.75 Å². The number of phenolic OH excluding ortho intramolecular Hbond substituents is 1. The van der Waals surface area contributed by atoms with E-state index in [1.54, 1.807) is 16.5 Å². The van der Waals surface area contributed by atoms with Crippen molar-refractivity contribution in [2.75, 3.05) is 0 Å². The van der Waals surface area contributed by atoms with Crippen LogP contribution in [0.2, 0.25) is 0 Å². The summed E-state index contributed by atoms with van der Waals surface area (Å²) < 4.78 is 4.32. The molecular weight excluding hydrogens is 370 g/mol. The first-order valence-corrected chi connectivity index (χ1v) is 9.75. The van der Waals surface area contributed by atoms with Crippen molar-refractivity contribution in [2.24, 2.45) is 0 Å². The van der Waals surface area contributed by atoms with E-state index in [1.807, 2.05) is 67.0 Å². The van der Waals surface area contributed by atoms with Gasteiger partial charge in [0.1, 0.15) is 5.75 Å². The minimum atomic E-state index is -0.0546. The van der Waals surface area contributed by atoms with Crippen molar-refractivity contribution in [2.45, 2.75) is 13.8 Å². The molecule has 0 radical (unpaired) electrons. The van der Waals surface area contributed by atoms with Crippen LogP contribution in [-0.4, -0.2) is 19.1 Å². The maximum Gasteiger partial charge on any atom is 0.274 e. The van der Waals surface area contributed by atoms with E-state index in [9.17, 15) is 9.90 Å². The molecule has 0 fully saturated rings. The van der Waals surface area contributed by atoms with E-state index in [1.165, 1.54) is 11.3 Å². The Balaban J connectivity index is 1.72. The normalized spacial score (nSPS) is 12.4. The standard InChI is InChI=1S/C22H17N3O2S/c1-13-11-15(14(2)24(13)18-9-5-6-10-19(18)26)12-20-21(27)25-17-8-4-3-7-16(17)23-22(25)28-20/h3-12,26H,1-2H3. The van der Waals surface area contributed by atoms with Crippen molar-refractivity contribution in [1.82, 2.24) is 14.0 Å². The highest BCUT2D eigenvalue weighted by Crippen LogP contribution is 2.27. The first-order chi connectivity index (χ1) is 13.5. The summed E-state index contributed by atoms with van der Waals surface area (Å²) in [6.07, 6.45) is 1.91. The number of para-hydroxylation sites is 4. The monoisotopic (exact) mass is 387 g/mol. The molecule has 0 saturated carbocycles. The number of aromatic hydroxyl groups is 1. The molecule has 0 saturated heterocycles. The molecule has 0 atom stereocenters. The lowest BCUT2D eigenvalue weighted by Crippen LogP contribution is -2.22. The largest absolute Gasteiger partial charge is 0.506 e. The molecule has 3 aromatic heterocycles. The van der Waals surface area contributed by atoms with Crippen molar-refractivity contribution in [3.8, 4) is 11.4 Å². The van der Waals surface area contributed by atoms with Crippen LogP contribution in [0.1, 0.15) is 17.0 Å². The van der Waals surface area contributed by atoms with Gasteiger partial charge >= 0.3 is 0 Å². The lowest BCUT2D eigenvalue weighted by atomic mass is 10.2. The second-order valence-electron chi connectivity index (χ2n) is 6.78. The Bertz CT molecular complexity index is 1470. The minimum absolute atomic E-state index is 0.0546. The van der Waals surface area contributed by atoms with Gasteiger partial charge < -0.3 is 9.67 Å². The molecule has 5 nitrogen and oxygen atoms in total. The lowest BCUT2D eigenvalue weighted by Gasteiger charge is -2.11. The molecule has 1 N–H and O–H groups in total. The number of aromatic nitrogens is 3. The van der Waals surface area contributed by atoms with E-state index in [4.69, 9.17) is 0 Å². The van der Waals surface area contributed by atoms with Crippen LogP contribution in [0.25, 0.3) is 27.8 Å². The molecule has 0 spiro atoms. The molecule has 2 aromatic carbocycles. The van der Waals surface area contributed by atoms with Gasteiger partial charge in [-0.3, -0.25) is 4.79 Å². The zero-order valence-corrected chi connectivity index (χ0v) is 16.2. The first-order valence-electron chi connectivity index (χ1n) is 8.93. The number of nitrogens with zero attached hydrogens (tertiary/aromatic N) is 3. The molecular formula is C22H17N3O2S. The SMILES string of the molecule is Cc1cc(C=c2sc3nc4ccccc4n3c2=O)c(C)n1-c1ccccc1O. The summed E-state index contributed by atoms with van der Waals surface area (Å²) in [6, 6.07) is 16.9. The number of fused-ring (bicyclic) bond motifs is 3. The van der Waals surface area contributed by atoms with Crippen LogP contribution in [0.4, 0.5) is 0 Å². The fourth-order valence-electron chi connectivity index (χ4n) is 3.71. The molecule has 5 aromatic rings. The summed E-state index contributed by atoms with van der Waals surface area (Å²) in [6.45, 7) is 3.98. The van der Waals surface area contributed by atoms with Crippen LogP contribution < -0.4 is 10.1 Å². The third-order valence-electron chi connectivity index (χ3n) is 5.02. The average Bonchev–Trinajstić information content (AvgIpc) is 3.28. The van der Waals surface area contributed by atoms with Crippen molar-refractivity contribution >= 4 is 33.4 Å². The van der Waals surface area contributed by atoms with Gasteiger partial charge in [0.05, 0.1) is 21.3 Å². The highest BCUT2D eigenvalue weighted by atomic mass is 32.1. The van der Waals surface area contributed by atoms with Crippen molar-refractivity contribution in [3.63, 3.8) is 0 Å². The summed E-state index contributed by atoms with van der Waals surface area (Å²) in [5.41, 5.74) is 5.24. The van der Waals surface area contributed by atoms with Gasteiger partial charge in [0.2, 0.25) is 0 Å². The molecule has 0 amide bonds. The number of thiazole rings is 1. The second kappa shape index (κ2) is 6.07. The molecule has 138 valence electrons. The van der Waals surface area contributed by atoms with E-state index < -0.39 is 0 Å². The van der Waals surface area contributed by atoms with Crippen molar-refractivity contribution < 1.29 is 5.11 Å². The summed E-state index contributed by atoms with van der Waals surface area (Å²) in [7, 11) is 0. The van der Waals surface area contributed by atoms with Crippen LogP contribution in [0.3, 0.4) is 0 Å². The number of aryl methyl sites for hydroxylation is 1. The summed E-state index contributed by atoms with van der Waals surface area (Å²) in [5.74, 6) is 0.224. The smallest absolute Gasteiger partial charge is 0.274 e. The van der Waals surface area contributed by atoms with Gasteiger partial charge in [-0.15, -0.1) is 0 Å².